The molecule has 3 aromatic rings. The van der Waals surface area contributed by atoms with Crippen molar-refractivity contribution in [2.45, 2.75) is 13.0 Å². The molecule has 0 bridgehead atoms. The van der Waals surface area contributed by atoms with E-state index in [4.69, 9.17) is 0 Å². The highest BCUT2D eigenvalue weighted by Gasteiger charge is 2.33. The number of hydrogen-bond acceptors (Lipinski definition) is 7. The minimum absolute atomic E-state index is 0.0926. The largest absolute Gasteiger partial charge is 0.492 e. The lowest BCUT2D eigenvalue weighted by Crippen LogP contribution is -2.49. The van der Waals surface area contributed by atoms with E-state index in [1.54, 1.807) is 6.92 Å². The zero-order chi connectivity index (χ0) is 19.2. The fourth-order valence-corrected chi connectivity index (χ4v) is 5.47. The van der Waals surface area contributed by atoms with Crippen LogP contribution < -0.4 is 0 Å². The predicted molar refractivity (Wildman–Crippen MR) is 104 cm³/mol. The molecule has 27 heavy (non-hydrogen) atoms. The van der Waals surface area contributed by atoms with Gasteiger partial charge in [0.05, 0.1) is 17.2 Å². The van der Waals surface area contributed by atoms with Gasteiger partial charge in [0.2, 0.25) is 20.9 Å². The Kier molecular flexibility index (Phi) is 4.66. The average Bonchev–Trinajstić information content (AvgIpc) is 3.14. The molecule has 1 atom stereocenters. The van der Waals surface area contributed by atoms with Crippen molar-refractivity contribution in [3.8, 4) is 5.88 Å². The molecule has 1 aliphatic heterocycles. The molecule has 1 aromatic carbocycles. The molecular weight excluding hydrogens is 386 g/mol. The second-order valence-corrected chi connectivity index (χ2v) is 9.65. The van der Waals surface area contributed by atoms with E-state index in [1.165, 1.54) is 26.4 Å². The van der Waals surface area contributed by atoms with E-state index in [-0.39, 0.29) is 11.9 Å². The summed E-state index contributed by atoms with van der Waals surface area (Å²) in [5, 5.41) is 15.0. The van der Waals surface area contributed by atoms with Crippen LogP contribution in [0.3, 0.4) is 0 Å². The maximum atomic E-state index is 11.8. The molecule has 10 heteroatoms. The Bertz CT molecular complexity index is 1050. The molecule has 144 valence electrons. The molecule has 2 aromatic heterocycles. The van der Waals surface area contributed by atoms with Crippen LogP contribution in [0.2, 0.25) is 0 Å². The number of aromatic hydroxyl groups is 1. The number of benzene rings is 1. The van der Waals surface area contributed by atoms with Crippen molar-refractivity contribution in [3.63, 3.8) is 0 Å². The van der Waals surface area contributed by atoms with E-state index >= 15 is 0 Å². The predicted octanol–water partition coefficient (Wildman–Crippen LogP) is 1.47. The van der Waals surface area contributed by atoms with Gasteiger partial charge in [-0.1, -0.05) is 41.7 Å². The molecule has 1 fully saturated rings. The van der Waals surface area contributed by atoms with Crippen LogP contribution in [0.1, 0.15) is 22.3 Å². The summed E-state index contributed by atoms with van der Waals surface area (Å²) in [5.74, 6) is 0.705. The number of nitrogens with zero attached hydrogens (tertiary/aromatic N) is 5. The summed E-state index contributed by atoms with van der Waals surface area (Å²) in [4.78, 5) is 7.98. The molecule has 0 radical (unpaired) electrons. The van der Waals surface area contributed by atoms with Crippen molar-refractivity contribution in [2.24, 2.45) is 0 Å². The Morgan fingerprint density at radius 1 is 1.15 bits per heavy atom. The average molecular weight is 408 g/mol. The SMILES string of the molecule is Cc1nc2sc([C@@H](c3ccccc3)N3CCN(S(C)(=O)=O)CC3)c(O)n2n1. The van der Waals surface area contributed by atoms with Gasteiger partial charge >= 0.3 is 0 Å². The highest BCUT2D eigenvalue weighted by Crippen LogP contribution is 2.40. The van der Waals surface area contributed by atoms with Gasteiger partial charge in [-0.25, -0.2) is 13.4 Å². The highest BCUT2D eigenvalue weighted by molar-refractivity contribution is 7.88. The fraction of sp³-hybridized carbons (Fsp3) is 0.412. The molecule has 8 nitrogen and oxygen atoms in total. The van der Waals surface area contributed by atoms with E-state index in [0.717, 1.165) is 10.4 Å². The van der Waals surface area contributed by atoms with Crippen LogP contribution in [0.5, 0.6) is 5.88 Å². The first-order valence-corrected chi connectivity index (χ1v) is 11.3. The monoisotopic (exact) mass is 407 g/mol. The Morgan fingerprint density at radius 2 is 1.81 bits per heavy atom. The zero-order valence-electron chi connectivity index (χ0n) is 15.1. The van der Waals surface area contributed by atoms with Crippen molar-refractivity contribution in [3.05, 3.63) is 46.6 Å². The number of rotatable bonds is 4. The van der Waals surface area contributed by atoms with Crippen molar-refractivity contribution in [1.29, 1.82) is 0 Å². The molecule has 0 amide bonds. The van der Waals surface area contributed by atoms with Crippen molar-refractivity contribution in [1.82, 2.24) is 23.8 Å². The molecule has 0 saturated carbocycles. The number of aryl methyl sites for hydroxylation is 1. The minimum atomic E-state index is -3.19. The molecule has 1 N–H and O–H groups in total. The van der Waals surface area contributed by atoms with Gasteiger partial charge in [0.1, 0.15) is 5.82 Å². The Hall–Kier alpha value is -2.01. The van der Waals surface area contributed by atoms with Gasteiger partial charge in [0.25, 0.3) is 0 Å². The molecule has 0 spiro atoms. The molecular formula is C17H21N5O3S2. The van der Waals surface area contributed by atoms with Crippen molar-refractivity contribution < 1.29 is 13.5 Å². The van der Waals surface area contributed by atoms with E-state index in [2.05, 4.69) is 15.0 Å². The number of sulfonamides is 1. The van der Waals surface area contributed by atoms with E-state index in [1.807, 2.05) is 30.3 Å². The zero-order valence-corrected chi connectivity index (χ0v) is 16.7. The summed E-state index contributed by atoms with van der Waals surface area (Å²) < 4.78 is 26.6. The van der Waals surface area contributed by atoms with E-state index in [0.29, 0.717) is 37.0 Å². The second-order valence-electron chi connectivity index (χ2n) is 6.65. The molecule has 0 aliphatic carbocycles. The fourth-order valence-electron chi connectivity index (χ4n) is 3.48. The summed E-state index contributed by atoms with van der Waals surface area (Å²) in [6.07, 6.45) is 1.24. The number of hydrogen-bond donors (Lipinski definition) is 1. The van der Waals surface area contributed by atoms with Crippen LogP contribution in [0, 0.1) is 6.92 Å². The Labute approximate surface area is 161 Å². The van der Waals surface area contributed by atoms with Gasteiger partial charge in [-0.15, -0.1) is 5.10 Å². The number of thiazole rings is 1. The van der Waals surface area contributed by atoms with Gasteiger partial charge in [-0.3, -0.25) is 4.90 Å². The lowest BCUT2D eigenvalue weighted by Gasteiger charge is -2.38. The third kappa shape index (κ3) is 3.45. The molecule has 3 heterocycles. The van der Waals surface area contributed by atoms with Gasteiger partial charge in [-0.05, 0) is 12.5 Å². The normalized spacial score (nSPS) is 18.1. The minimum Gasteiger partial charge on any atom is -0.492 e. The lowest BCUT2D eigenvalue weighted by molar-refractivity contribution is 0.156. The summed E-state index contributed by atoms with van der Waals surface area (Å²) in [6, 6.07) is 9.75. The number of aromatic nitrogens is 3. The summed E-state index contributed by atoms with van der Waals surface area (Å²) in [5.41, 5.74) is 1.04. The van der Waals surface area contributed by atoms with Crippen molar-refractivity contribution in [2.75, 3.05) is 32.4 Å². The number of fused-ring (bicyclic) bond motifs is 1. The quantitative estimate of drug-likeness (QED) is 0.704. The lowest BCUT2D eigenvalue weighted by atomic mass is 10.0. The first-order valence-electron chi connectivity index (χ1n) is 8.64. The van der Waals surface area contributed by atoms with E-state index < -0.39 is 10.0 Å². The maximum Gasteiger partial charge on any atom is 0.230 e. The third-order valence-corrected chi connectivity index (χ3v) is 7.15. The Morgan fingerprint density at radius 3 is 2.41 bits per heavy atom. The van der Waals surface area contributed by atoms with Crippen LogP contribution in [0.4, 0.5) is 0 Å². The van der Waals surface area contributed by atoms with Gasteiger partial charge < -0.3 is 5.11 Å². The molecule has 1 saturated heterocycles. The van der Waals surface area contributed by atoms with Gasteiger partial charge in [0.15, 0.2) is 0 Å². The van der Waals surface area contributed by atoms with E-state index in [9.17, 15) is 13.5 Å². The summed E-state index contributed by atoms with van der Waals surface area (Å²) in [7, 11) is -3.19. The number of piperazine rings is 1. The summed E-state index contributed by atoms with van der Waals surface area (Å²) >= 11 is 1.41. The third-order valence-electron chi connectivity index (χ3n) is 4.78. The second kappa shape index (κ2) is 6.86. The topological polar surface area (TPSA) is 91.0 Å². The molecule has 0 unspecified atom stereocenters. The van der Waals surface area contributed by atoms with Gasteiger partial charge in [0, 0.05) is 26.2 Å². The van der Waals surface area contributed by atoms with Gasteiger partial charge in [-0.2, -0.15) is 8.82 Å². The molecule has 1 aliphatic rings. The standard InChI is InChI=1S/C17H21N5O3S2/c1-12-18-17-22(19-12)16(23)15(26-17)14(13-6-4-3-5-7-13)20-8-10-21(11-9-20)27(2,24)25/h3-7,14,23H,8-11H2,1-2H3/t14-/m1/s1. The van der Waals surface area contributed by atoms with Crippen LogP contribution >= 0.6 is 11.3 Å². The maximum absolute atomic E-state index is 11.8. The van der Waals surface area contributed by atoms with Crippen LogP contribution in [0.25, 0.3) is 4.96 Å². The summed E-state index contributed by atoms with van der Waals surface area (Å²) in [6.45, 7) is 3.82. The first kappa shape index (κ1) is 18.4. The van der Waals surface area contributed by atoms with Crippen molar-refractivity contribution >= 4 is 26.3 Å². The smallest absolute Gasteiger partial charge is 0.230 e. The highest BCUT2D eigenvalue weighted by atomic mass is 32.2. The van der Waals surface area contributed by atoms with Crippen LogP contribution in [0.15, 0.2) is 30.3 Å². The Balaban J connectivity index is 1.72. The van der Waals surface area contributed by atoms with Crippen LogP contribution in [-0.2, 0) is 10.0 Å². The first-order chi connectivity index (χ1) is 12.8. The van der Waals surface area contributed by atoms with Crippen LogP contribution in [-0.4, -0.2) is 69.8 Å². The molecule has 4 rings (SSSR count).